The minimum Gasteiger partial charge on any atom is -0.491 e. The lowest BCUT2D eigenvalue weighted by Gasteiger charge is -2.26. The van der Waals surface area contributed by atoms with Gasteiger partial charge in [-0.3, -0.25) is 4.79 Å². The SMILES string of the molecule is Cl.NC1CCCC(C(=O)Nc2ccc(F)cc2OCC2CC2)C1. The average molecular weight is 343 g/mol. The van der Waals surface area contributed by atoms with Crippen LogP contribution in [-0.2, 0) is 4.79 Å². The Morgan fingerprint density at radius 3 is 2.78 bits per heavy atom. The molecular formula is C17H24ClFN2O2. The molecule has 1 aromatic rings. The molecule has 2 aliphatic carbocycles. The van der Waals surface area contributed by atoms with E-state index < -0.39 is 0 Å². The molecule has 4 nitrogen and oxygen atoms in total. The molecule has 128 valence electrons. The van der Waals surface area contributed by atoms with Crippen molar-refractivity contribution in [3.63, 3.8) is 0 Å². The summed E-state index contributed by atoms with van der Waals surface area (Å²) in [6, 6.07) is 4.35. The molecule has 0 spiro atoms. The summed E-state index contributed by atoms with van der Waals surface area (Å²) in [5.41, 5.74) is 6.49. The van der Waals surface area contributed by atoms with E-state index in [0.717, 1.165) is 32.1 Å². The molecule has 0 aromatic heterocycles. The number of halogens is 2. The number of carbonyl (C=O) groups excluding carboxylic acids is 1. The van der Waals surface area contributed by atoms with Crippen LogP contribution in [-0.4, -0.2) is 18.6 Å². The Bertz CT molecular complexity index is 551. The first-order chi connectivity index (χ1) is 10.6. The third-order valence-corrected chi connectivity index (χ3v) is 4.46. The van der Waals surface area contributed by atoms with Crippen LogP contribution in [0, 0.1) is 17.7 Å². The van der Waals surface area contributed by atoms with Crippen LogP contribution in [0.2, 0.25) is 0 Å². The van der Waals surface area contributed by atoms with Gasteiger partial charge >= 0.3 is 0 Å². The van der Waals surface area contributed by atoms with Gasteiger partial charge in [-0.25, -0.2) is 4.39 Å². The molecule has 6 heteroatoms. The van der Waals surface area contributed by atoms with E-state index >= 15 is 0 Å². The van der Waals surface area contributed by atoms with Gasteiger partial charge < -0.3 is 15.8 Å². The second-order valence-electron chi connectivity index (χ2n) is 6.51. The fourth-order valence-corrected chi connectivity index (χ4v) is 2.91. The lowest BCUT2D eigenvalue weighted by molar-refractivity contribution is -0.120. The predicted molar refractivity (Wildman–Crippen MR) is 90.4 cm³/mol. The Morgan fingerprint density at radius 2 is 2.09 bits per heavy atom. The van der Waals surface area contributed by atoms with Crippen LogP contribution in [0.25, 0.3) is 0 Å². The van der Waals surface area contributed by atoms with Crippen molar-refractivity contribution < 1.29 is 13.9 Å². The van der Waals surface area contributed by atoms with Crippen molar-refractivity contribution in [2.24, 2.45) is 17.6 Å². The predicted octanol–water partition coefficient (Wildman–Crippen LogP) is 3.49. The van der Waals surface area contributed by atoms with Gasteiger partial charge in [0.15, 0.2) is 0 Å². The summed E-state index contributed by atoms with van der Waals surface area (Å²) in [6.45, 7) is 0.584. The standard InChI is InChI=1S/C17H23FN2O2.ClH/c18-13-6-7-15(16(9-13)22-10-11-4-5-11)20-17(21)12-2-1-3-14(19)8-12;/h6-7,9,11-12,14H,1-5,8,10,19H2,(H,20,21);1H. The van der Waals surface area contributed by atoms with E-state index in [9.17, 15) is 9.18 Å². The smallest absolute Gasteiger partial charge is 0.227 e. The van der Waals surface area contributed by atoms with Crippen LogP contribution in [0.15, 0.2) is 18.2 Å². The van der Waals surface area contributed by atoms with Crippen LogP contribution in [0.1, 0.15) is 38.5 Å². The third-order valence-electron chi connectivity index (χ3n) is 4.46. The van der Waals surface area contributed by atoms with Gasteiger partial charge in [0.25, 0.3) is 0 Å². The van der Waals surface area contributed by atoms with Gasteiger partial charge in [-0.1, -0.05) is 6.42 Å². The third kappa shape index (κ3) is 5.08. The van der Waals surface area contributed by atoms with Crippen LogP contribution < -0.4 is 15.8 Å². The second kappa shape index (κ2) is 7.97. The van der Waals surface area contributed by atoms with Gasteiger partial charge in [0, 0.05) is 18.0 Å². The first kappa shape index (κ1) is 18.0. The molecule has 0 heterocycles. The molecule has 1 aromatic carbocycles. The number of ether oxygens (including phenoxy) is 1. The van der Waals surface area contributed by atoms with E-state index in [1.165, 1.54) is 12.1 Å². The highest BCUT2D eigenvalue weighted by Gasteiger charge is 2.26. The fourth-order valence-electron chi connectivity index (χ4n) is 2.91. The molecule has 1 amide bonds. The minimum atomic E-state index is -0.358. The Morgan fingerprint density at radius 1 is 1.30 bits per heavy atom. The molecule has 0 radical (unpaired) electrons. The fraction of sp³-hybridized carbons (Fsp3) is 0.588. The van der Waals surface area contributed by atoms with Crippen molar-refractivity contribution in [2.45, 2.75) is 44.6 Å². The number of nitrogens with two attached hydrogens (primary N) is 1. The van der Waals surface area contributed by atoms with E-state index in [1.807, 2.05) is 0 Å². The lowest BCUT2D eigenvalue weighted by atomic mass is 9.85. The van der Waals surface area contributed by atoms with E-state index in [1.54, 1.807) is 6.07 Å². The molecule has 2 saturated carbocycles. The monoisotopic (exact) mass is 342 g/mol. The lowest BCUT2D eigenvalue weighted by Crippen LogP contribution is -2.34. The summed E-state index contributed by atoms with van der Waals surface area (Å²) >= 11 is 0. The topological polar surface area (TPSA) is 64.4 Å². The average Bonchev–Trinajstić information content (AvgIpc) is 3.31. The zero-order valence-corrected chi connectivity index (χ0v) is 13.9. The quantitative estimate of drug-likeness (QED) is 0.860. The van der Waals surface area contributed by atoms with Crippen molar-refractivity contribution in [1.29, 1.82) is 0 Å². The molecule has 2 fully saturated rings. The molecule has 0 aliphatic heterocycles. The Balaban J connectivity index is 0.00000192. The summed E-state index contributed by atoms with van der Waals surface area (Å²) in [6.07, 6.45) is 5.86. The molecule has 0 bridgehead atoms. The van der Waals surface area contributed by atoms with Crippen molar-refractivity contribution in [3.05, 3.63) is 24.0 Å². The first-order valence-corrected chi connectivity index (χ1v) is 8.10. The number of nitrogens with one attached hydrogen (secondary N) is 1. The largest absolute Gasteiger partial charge is 0.491 e. The molecule has 2 unspecified atom stereocenters. The zero-order valence-electron chi connectivity index (χ0n) is 13.1. The molecule has 3 N–H and O–H groups in total. The van der Waals surface area contributed by atoms with Crippen LogP contribution in [0.3, 0.4) is 0 Å². The summed E-state index contributed by atoms with van der Waals surface area (Å²) in [5, 5.41) is 2.89. The van der Waals surface area contributed by atoms with Gasteiger partial charge in [0.05, 0.1) is 12.3 Å². The number of hydrogen-bond donors (Lipinski definition) is 2. The summed E-state index contributed by atoms with van der Waals surface area (Å²) in [5.74, 6) is 0.523. The zero-order chi connectivity index (χ0) is 15.5. The second-order valence-corrected chi connectivity index (χ2v) is 6.51. The van der Waals surface area contributed by atoms with Crippen LogP contribution in [0.4, 0.5) is 10.1 Å². The van der Waals surface area contributed by atoms with Crippen molar-refractivity contribution >= 4 is 24.0 Å². The number of amides is 1. The maximum atomic E-state index is 13.4. The Labute approximate surface area is 142 Å². The Hall–Kier alpha value is -1.33. The van der Waals surface area contributed by atoms with E-state index in [0.29, 0.717) is 30.4 Å². The van der Waals surface area contributed by atoms with Gasteiger partial charge in [0.2, 0.25) is 5.91 Å². The van der Waals surface area contributed by atoms with Crippen molar-refractivity contribution in [1.82, 2.24) is 0 Å². The highest BCUT2D eigenvalue weighted by Crippen LogP contribution is 2.33. The molecule has 2 aliphatic rings. The van der Waals surface area contributed by atoms with E-state index in [4.69, 9.17) is 10.5 Å². The molecule has 0 saturated heterocycles. The molecule has 3 rings (SSSR count). The van der Waals surface area contributed by atoms with Crippen LogP contribution in [0.5, 0.6) is 5.75 Å². The van der Waals surface area contributed by atoms with Gasteiger partial charge in [-0.15, -0.1) is 12.4 Å². The molecule has 23 heavy (non-hydrogen) atoms. The number of carbonyl (C=O) groups is 1. The maximum Gasteiger partial charge on any atom is 0.227 e. The van der Waals surface area contributed by atoms with Gasteiger partial charge in [0.1, 0.15) is 11.6 Å². The van der Waals surface area contributed by atoms with Crippen molar-refractivity contribution in [2.75, 3.05) is 11.9 Å². The van der Waals surface area contributed by atoms with Crippen LogP contribution >= 0.6 is 12.4 Å². The number of rotatable bonds is 5. The maximum absolute atomic E-state index is 13.4. The number of hydrogen-bond acceptors (Lipinski definition) is 3. The number of benzene rings is 1. The van der Waals surface area contributed by atoms with E-state index in [-0.39, 0.29) is 36.1 Å². The summed E-state index contributed by atoms with van der Waals surface area (Å²) in [7, 11) is 0. The first-order valence-electron chi connectivity index (χ1n) is 8.10. The highest BCUT2D eigenvalue weighted by molar-refractivity contribution is 5.94. The van der Waals surface area contributed by atoms with Gasteiger partial charge in [-0.2, -0.15) is 0 Å². The Kier molecular flexibility index (Phi) is 6.25. The van der Waals surface area contributed by atoms with Gasteiger partial charge in [-0.05, 0) is 50.2 Å². The number of anilines is 1. The normalized spacial score (nSPS) is 23.7. The van der Waals surface area contributed by atoms with Crippen molar-refractivity contribution in [3.8, 4) is 5.75 Å². The minimum absolute atomic E-state index is 0. The summed E-state index contributed by atoms with van der Waals surface area (Å²) < 4.78 is 19.1. The molecule has 2 atom stereocenters. The van der Waals surface area contributed by atoms with E-state index in [2.05, 4.69) is 5.32 Å². The molecular weight excluding hydrogens is 319 g/mol. The highest BCUT2D eigenvalue weighted by atomic mass is 35.5. The summed E-state index contributed by atoms with van der Waals surface area (Å²) in [4.78, 5) is 12.4.